The Labute approximate surface area is 85.5 Å². The van der Waals surface area contributed by atoms with Crippen LogP contribution in [0.2, 0.25) is 0 Å². The maximum absolute atomic E-state index is 11.1. The average molecular weight is 211 g/mol. The van der Waals surface area contributed by atoms with Crippen LogP contribution in [0.1, 0.15) is 21.0 Å². The number of methoxy groups -OCH3 is 2. The second-order valence-corrected chi connectivity index (χ2v) is 2.57. The van der Waals surface area contributed by atoms with Crippen LogP contribution in [0.15, 0.2) is 12.1 Å². The van der Waals surface area contributed by atoms with Crippen molar-refractivity contribution in [1.29, 1.82) is 0 Å². The highest BCUT2D eigenvalue weighted by Crippen LogP contribution is 2.14. The van der Waals surface area contributed by atoms with E-state index in [0.717, 1.165) is 0 Å². The molecule has 0 saturated heterocycles. The largest absolute Gasteiger partial charge is 0.497 e. The van der Waals surface area contributed by atoms with Gasteiger partial charge in [0.2, 0.25) is 0 Å². The number of hydrogen-bond acceptors (Lipinski definition) is 5. The summed E-state index contributed by atoms with van der Waals surface area (Å²) in [5.41, 5.74) is -0.371. The van der Waals surface area contributed by atoms with Crippen LogP contribution in [0.25, 0.3) is 0 Å². The van der Waals surface area contributed by atoms with E-state index < -0.39 is 11.9 Å². The molecule has 0 unspecified atom stereocenters. The number of nitrogens with zero attached hydrogens (tertiary/aromatic N) is 1. The Morgan fingerprint density at radius 2 is 1.87 bits per heavy atom. The van der Waals surface area contributed by atoms with Crippen LogP contribution in [0, 0.1) is 0 Å². The fourth-order valence-corrected chi connectivity index (χ4v) is 0.942. The minimum Gasteiger partial charge on any atom is -0.497 e. The van der Waals surface area contributed by atoms with E-state index in [1.165, 1.54) is 26.4 Å². The Balaban J connectivity index is 3.23. The second kappa shape index (κ2) is 4.41. The van der Waals surface area contributed by atoms with Crippen LogP contribution >= 0.6 is 0 Å². The van der Waals surface area contributed by atoms with Crippen LogP contribution in [-0.4, -0.2) is 36.2 Å². The summed E-state index contributed by atoms with van der Waals surface area (Å²) in [6, 6.07) is 2.52. The third-order valence-corrected chi connectivity index (χ3v) is 1.65. The highest BCUT2D eigenvalue weighted by Gasteiger charge is 2.14. The zero-order chi connectivity index (χ0) is 11.4. The van der Waals surface area contributed by atoms with Gasteiger partial charge in [-0.3, -0.25) is 0 Å². The zero-order valence-corrected chi connectivity index (χ0v) is 8.18. The number of carboxylic acid groups (broad SMARTS) is 1. The van der Waals surface area contributed by atoms with Crippen molar-refractivity contribution in [2.75, 3.05) is 14.2 Å². The van der Waals surface area contributed by atoms with E-state index in [4.69, 9.17) is 9.84 Å². The summed E-state index contributed by atoms with van der Waals surface area (Å²) in [7, 11) is 2.55. The van der Waals surface area contributed by atoms with Gasteiger partial charge >= 0.3 is 11.9 Å². The number of carboxylic acids is 1. The minimum atomic E-state index is -1.24. The quantitative estimate of drug-likeness (QED) is 0.736. The van der Waals surface area contributed by atoms with E-state index in [1.54, 1.807) is 0 Å². The lowest BCUT2D eigenvalue weighted by Gasteiger charge is -2.04. The maximum atomic E-state index is 11.1. The van der Waals surface area contributed by atoms with E-state index >= 15 is 0 Å². The predicted molar refractivity (Wildman–Crippen MR) is 49.1 cm³/mol. The molecule has 80 valence electrons. The number of ether oxygens (including phenoxy) is 2. The number of carbonyl (C=O) groups is 2. The number of carbonyl (C=O) groups excluding carboxylic acids is 1. The number of pyridine rings is 1. The SMILES string of the molecule is COC(=O)c1cc(OC)cc(C(=O)O)n1. The Bertz CT molecular complexity index is 401. The van der Waals surface area contributed by atoms with Crippen molar-refractivity contribution in [1.82, 2.24) is 4.98 Å². The van der Waals surface area contributed by atoms with Crippen LogP contribution in [-0.2, 0) is 4.74 Å². The average Bonchev–Trinajstić information content (AvgIpc) is 2.27. The molecule has 1 N–H and O–H groups in total. The first kappa shape index (κ1) is 11.0. The molecule has 0 amide bonds. The molecule has 0 atom stereocenters. The Kier molecular flexibility index (Phi) is 3.22. The molecule has 15 heavy (non-hydrogen) atoms. The number of hydrogen-bond donors (Lipinski definition) is 1. The first-order chi connectivity index (χ1) is 7.08. The fourth-order valence-electron chi connectivity index (χ4n) is 0.942. The highest BCUT2D eigenvalue weighted by molar-refractivity contribution is 5.91. The molecule has 0 aromatic carbocycles. The van der Waals surface area contributed by atoms with Gasteiger partial charge in [-0.1, -0.05) is 0 Å². The molecule has 0 fully saturated rings. The van der Waals surface area contributed by atoms with Gasteiger partial charge in [-0.2, -0.15) is 0 Å². The first-order valence-corrected chi connectivity index (χ1v) is 3.96. The molecule has 1 heterocycles. The normalized spacial score (nSPS) is 9.47. The fraction of sp³-hybridized carbons (Fsp3) is 0.222. The van der Waals surface area contributed by atoms with Crippen molar-refractivity contribution in [2.24, 2.45) is 0 Å². The molecule has 1 aromatic rings. The van der Waals surface area contributed by atoms with Gasteiger partial charge in [0.25, 0.3) is 0 Å². The summed E-state index contributed by atoms with van der Waals surface area (Å²) >= 11 is 0. The topological polar surface area (TPSA) is 85.7 Å². The van der Waals surface area contributed by atoms with E-state index in [-0.39, 0.29) is 17.1 Å². The van der Waals surface area contributed by atoms with E-state index in [9.17, 15) is 9.59 Å². The molecule has 0 radical (unpaired) electrons. The molecule has 0 aliphatic rings. The lowest BCUT2D eigenvalue weighted by atomic mass is 10.3. The second-order valence-electron chi connectivity index (χ2n) is 2.57. The monoisotopic (exact) mass is 211 g/mol. The van der Waals surface area contributed by atoms with Crippen molar-refractivity contribution < 1.29 is 24.2 Å². The molecule has 6 nitrogen and oxygen atoms in total. The van der Waals surface area contributed by atoms with Crippen molar-refractivity contribution in [3.8, 4) is 5.75 Å². The number of aromatic nitrogens is 1. The predicted octanol–water partition coefficient (Wildman–Crippen LogP) is 0.575. The summed E-state index contributed by atoms with van der Waals surface area (Å²) in [5, 5.41) is 8.71. The number of esters is 1. The molecule has 0 aliphatic carbocycles. The number of aromatic carboxylic acids is 1. The van der Waals surface area contributed by atoms with Crippen molar-refractivity contribution in [3.63, 3.8) is 0 Å². The van der Waals surface area contributed by atoms with Crippen LogP contribution in [0.4, 0.5) is 0 Å². The third kappa shape index (κ3) is 2.43. The van der Waals surface area contributed by atoms with Crippen LogP contribution < -0.4 is 4.74 Å². The summed E-state index contributed by atoms with van der Waals surface area (Å²) < 4.78 is 9.25. The number of rotatable bonds is 3. The summed E-state index contributed by atoms with van der Waals surface area (Å²) in [6.45, 7) is 0. The van der Waals surface area contributed by atoms with Gasteiger partial charge in [0.05, 0.1) is 14.2 Å². The Hall–Kier alpha value is -2.11. The molecule has 0 spiro atoms. The summed E-state index contributed by atoms with van der Waals surface area (Å²) in [5.74, 6) is -1.71. The van der Waals surface area contributed by atoms with Gasteiger partial charge in [0.15, 0.2) is 11.4 Å². The van der Waals surface area contributed by atoms with E-state index in [2.05, 4.69) is 9.72 Å². The van der Waals surface area contributed by atoms with E-state index in [1.807, 2.05) is 0 Å². The van der Waals surface area contributed by atoms with Gasteiger partial charge in [-0.15, -0.1) is 0 Å². The van der Waals surface area contributed by atoms with E-state index in [0.29, 0.717) is 0 Å². The van der Waals surface area contributed by atoms with Gasteiger partial charge in [-0.05, 0) is 0 Å². The van der Waals surface area contributed by atoms with Gasteiger partial charge < -0.3 is 14.6 Å². The lowest BCUT2D eigenvalue weighted by Crippen LogP contribution is -2.09. The van der Waals surface area contributed by atoms with Gasteiger partial charge in [0.1, 0.15) is 5.75 Å². The molecule has 1 aromatic heterocycles. The smallest absolute Gasteiger partial charge is 0.356 e. The zero-order valence-electron chi connectivity index (χ0n) is 8.18. The van der Waals surface area contributed by atoms with Gasteiger partial charge in [0, 0.05) is 12.1 Å². The first-order valence-electron chi connectivity index (χ1n) is 3.96. The third-order valence-electron chi connectivity index (χ3n) is 1.65. The highest BCUT2D eigenvalue weighted by atomic mass is 16.5. The molecule has 1 rings (SSSR count). The van der Waals surface area contributed by atoms with Gasteiger partial charge in [-0.25, -0.2) is 14.6 Å². The van der Waals surface area contributed by atoms with Crippen LogP contribution in [0.5, 0.6) is 5.75 Å². The molecular weight excluding hydrogens is 202 g/mol. The lowest BCUT2D eigenvalue weighted by molar-refractivity contribution is 0.0593. The van der Waals surface area contributed by atoms with Crippen LogP contribution in [0.3, 0.4) is 0 Å². The Morgan fingerprint density at radius 1 is 1.27 bits per heavy atom. The van der Waals surface area contributed by atoms with Crippen molar-refractivity contribution in [3.05, 3.63) is 23.5 Å². The summed E-state index contributed by atoms with van der Waals surface area (Å²) in [4.78, 5) is 25.4. The van der Waals surface area contributed by atoms with Crippen molar-refractivity contribution >= 4 is 11.9 Å². The molecule has 0 bridgehead atoms. The molecular formula is C9H9NO5. The molecule has 0 saturated carbocycles. The Morgan fingerprint density at radius 3 is 2.33 bits per heavy atom. The van der Waals surface area contributed by atoms with Crippen molar-refractivity contribution in [2.45, 2.75) is 0 Å². The molecule has 0 aliphatic heterocycles. The summed E-state index contributed by atoms with van der Waals surface area (Å²) in [6.07, 6.45) is 0. The molecule has 6 heteroatoms. The minimum absolute atomic E-state index is 0.103. The maximum Gasteiger partial charge on any atom is 0.356 e. The standard InChI is InChI=1S/C9H9NO5/c1-14-5-3-6(8(11)12)10-7(4-5)9(13)15-2/h3-4H,1-2H3,(H,11,12).